The van der Waals surface area contributed by atoms with Crippen molar-refractivity contribution in [3.63, 3.8) is 0 Å². The molecule has 4 heteroatoms. The van der Waals surface area contributed by atoms with Gasteiger partial charge in [-0.05, 0) is 47.9 Å². The van der Waals surface area contributed by atoms with E-state index in [2.05, 4.69) is 5.32 Å². The Hall–Kier alpha value is -3.14. The minimum absolute atomic E-state index is 0.228. The molecule has 0 bridgehead atoms. The van der Waals surface area contributed by atoms with Crippen molar-refractivity contribution in [2.24, 2.45) is 0 Å². The summed E-state index contributed by atoms with van der Waals surface area (Å²) in [7, 11) is 1.74. The molecule has 0 aliphatic rings. The fourth-order valence-corrected chi connectivity index (χ4v) is 2.97. The first kappa shape index (κ1) is 17.7. The number of benzene rings is 3. The smallest absolute Gasteiger partial charge is 0.316 e. The maximum Gasteiger partial charge on any atom is 0.322 e. The Balaban J connectivity index is 1.90. The summed E-state index contributed by atoms with van der Waals surface area (Å²) in [6.07, 6.45) is 0. The van der Waals surface area contributed by atoms with Crippen LogP contribution in [0.3, 0.4) is 0 Å². The van der Waals surface area contributed by atoms with Gasteiger partial charge < -0.3 is 10.2 Å². The van der Waals surface area contributed by atoms with Crippen molar-refractivity contribution in [2.45, 2.75) is 13.0 Å². The van der Waals surface area contributed by atoms with Crippen LogP contribution in [0, 0.1) is 12.7 Å². The Bertz CT molecular complexity index is 878. The third-order valence-corrected chi connectivity index (χ3v) is 4.28. The predicted molar refractivity (Wildman–Crippen MR) is 103 cm³/mol. The average Bonchev–Trinajstić information content (AvgIpc) is 2.64. The molecule has 26 heavy (non-hydrogen) atoms. The highest BCUT2D eigenvalue weighted by Gasteiger charge is 2.23. The zero-order valence-electron chi connectivity index (χ0n) is 14.8. The summed E-state index contributed by atoms with van der Waals surface area (Å²) >= 11 is 0. The van der Waals surface area contributed by atoms with Gasteiger partial charge in [0.25, 0.3) is 0 Å². The molecule has 2 amide bonds. The summed E-state index contributed by atoms with van der Waals surface area (Å²) in [4.78, 5) is 14.4. The van der Waals surface area contributed by atoms with E-state index in [1.54, 1.807) is 24.1 Å². The molecule has 0 radical (unpaired) electrons. The lowest BCUT2D eigenvalue weighted by Gasteiger charge is -2.29. The summed E-state index contributed by atoms with van der Waals surface area (Å²) in [6.45, 7) is 1.98. The van der Waals surface area contributed by atoms with Crippen LogP contribution in [0.25, 0.3) is 0 Å². The average molecular weight is 348 g/mol. The van der Waals surface area contributed by atoms with Crippen molar-refractivity contribution >= 4 is 11.7 Å². The molecule has 0 aliphatic heterocycles. The van der Waals surface area contributed by atoms with Crippen molar-refractivity contribution in [1.29, 1.82) is 0 Å². The Morgan fingerprint density at radius 3 is 2.23 bits per heavy atom. The number of urea groups is 1. The van der Waals surface area contributed by atoms with Crippen LogP contribution in [0.1, 0.15) is 22.7 Å². The highest BCUT2D eigenvalue weighted by Crippen LogP contribution is 2.28. The van der Waals surface area contributed by atoms with Crippen LogP contribution < -0.4 is 5.32 Å². The highest BCUT2D eigenvalue weighted by molar-refractivity contribution is 5.89. The quantitative estimate of drug-likeness (QED) is 0.674. The zero-order chi connectivity index (χ0) is 18.5. The van der Waals surface area contributed by atoms with E-state index in [0.29, 0.717) is 0 Å². The van der Waals surface area contributed by atoms with Gasteiger partial charge in [0, 0.05) is 12.7 Å². The molecule has 0 aromatic heterocycles. The van der Waals surface area contributed by atoms with Crippen LogP contribution in [0.5, 0.6) is 0 Å². The maximum absolute atomic E-state index is 13.3. The van der Waals surface area contributed by atoms with Crippen molar-refractivity contribution in [3.05, 3.63) is 101 Å². The number of nitrogens with one attached hydrogen (secondary N) is 1. The van der Waals surface area contributed by atoms with E-state index in [1.807, 2.05) is 61.5 Å². The van der Waals surface area contributed by atoms with Crippen LogP contribution in [0.15, 0.2) is 78.9 Å². The predicted octanol–water partition coefficient (Wildman–Crippen LogP) is 5.39. The second-order valence-electron chi connectivity index (χ2n) is 6.28. The third-order valence-electron chi connectivity index (χ3n) is 4.28. The molecule has 0 saturated carbocycles. The third kappa shape index (κ3) is 4.09. The molecule has 1 N–H and O–H groups in total. The van der Waals surface area contributed by atoms with Crippen molar-refractivity contribution in [3.8, 4) is 0 Å². The van der Waals surface area contributed by atoms with Crippen LogP contribution in [0.2, 0.25) is 0 Å². The fraction of sp³-hybridized carbons (Fsp3) is 0.136. The molecular formula is C22H21FN2O. The van der Waals surface area contributed by atoms with E-state index in [4.69, 9.17) is 0 Å². The molecule has 3 nitrogen and oxygen atoms in total. The van der Waals surface area contributed by atoms with E-state index in [9.17, 15) is 9.18 Å². The number of aryl methyl sites for hydroxylation is 1. The first-order valence-electron chi connectivity index (χ1n) is 8.45. The van der Waals surface area contributed by atoms with E-state index >= 15 is 0 Å². The lowest BCUT2D eigenvalue weighted by atomic mass is 9.97. The largest absolute Gasteiger partial charge is 0.322 e. The van der Waals surface area contributed by atoms with Gasteiger partial charge in [0.05, 0.1) is 6.04 Å². The van der Waals surface area contributed by atoms with Gasteiger partial charge in [-0.25, -0.2) is 9.18 Å². The zero-order valence-corrected chi connectivity index (χ0v) is 14.8. The summed E-state index contributed by atoms with van der Waals surface area (Å²) in [5.74, 6) is -0.299. The Kier molecular flexibility index (Phi) is 5.32. The topological polar surface area (TPSA) is 32.3 Å². The Morgan fingerprint density at radius 1 is 0.923 bits per heavy atom. The lowest BCUT2D eigenvalue weighted by molar-refractivity contribution is 0.212. The maximum atomic E-state index is 13.3. The number of hydrogen-bond acceptors (Lipinski definition) is 1. The van der Waals surface area contributed by atoms with E-state index < -0.39 is 0 Å². The van der Waals surface area contributed by atoms with Gasteiger partial charge in [0.2, 0.25) is 0 Å². The number of nitrogens with zero attached hydrogens (tertiary/aromatic N) is 1. The molecule has 0 aliphatic carbocycles. The van der Waals surface area contributed by atoms with E-state index in [-0.39, 0.29) is 17.9 Å². The minimum atomic E-state index is -0.318. The summed E-state index contributed by atoms with van der Waals surface area (Å²) in [5, 5.41) is 2.93. The number of hydrogen-bond donors (Lipinski definition) is 1. The Morgan fingerprint density at radius 2 is 1.58 bits per heavy atom. The van der Waals surface area contributed by atoms with Gasteiger partial charge in [-0.1, -0.05) is 54.6 Å². The number of amides is 2. The number of anilines is 1. The number of rotatable bonds is 4. The number of halogens is 1. The van der Waals surface area contributed by atoms with E-state index in [0.717, 1.165) is 22.4 Å². The summed E-state index contributed by atoms with van der Waals surface area (Å²) < 4.78 is 13.3. The van der Waals surface area contributed by atoms with Gasteiger partial charge in [-0.2, -0.15) is 0 Å². The number of carbonyl (C=O) groups is 1. The Labute approximate surface area is 153 Å². The van der Waals surface area contributed by atoms with Crippen LogP contribution in [-0.4, -0.2) is 18.0 Å². The van der Waals surface area contributed by atoms with Gasteiger partial charge in [-0.15, -0.1) is 0 Å². The molecular weight excluding hydrogens is 327 g/mol. The first-order valence-corrected chi connectivity index (χ1v) is 8.45. The second kappa shape index (κ2) is 7.83. The monoisotopic (exact) mass is 348 g/mol. The molecule has 1 unspecified atom stereocenters. The van der Waals surface area contributed by atoms with Gasteiger partial charge >= 0.3 is 6.03 Å². The molecule has 1 atom stereocenters. The van der Waals surface area contributed by atoms with Gasteiger partial charge in [-0.3, -0.25) is 0 Å². The normalized spacial score (nSPS) is 11.7. The van der Waals surface area contributed by atoms with Crippen LogP contribution in [0.4, 0.5) is 14.9 Å². The minimum Gasteiger partial charge on any atom is -0.316 e. The molecule has 3 rings (SSSR count). The molecule has 0 spiro atoms. The summed E-state index contributed by atoms with van der Waals surface area (Å²) in [5.41, 5.74) is 3.62. The fourth-order valence-electron chi connectivity index (χ4n) is 2.97. The van der Waals surface area contributed by atoms with Gasteiger partial charge in [0.15, 0.2) is 0 Å². The molecule has 132 valence electrons. The lowest BCUT2D eigenvalue weighted by Crippen LogP contribution is -2.35. The van der Waals surface area contributed by atoms with Crippen molar-refractivity contribution < 1.29 is 9.18 Å². The van der Waals surface area contributed by atoms with E-state index in [1.165, 1.54) is 12.1 Å². The van der Waals surface area contributed by atoms with Crippen molar-refractivity contribution in [1.82, 2.24) is 4.90 Å². The molecule has 0 heterocycles. The number of carbonyl (C=O) groups excluding carboxylic acids is 1. The molecule has 3 aromatic rings. The molecule has 0 saturated heterocycles. The highest BCUT2D eigenvalue weighted by atomic mass is 19.1. The molecule has 0 fully saturated rings. The van der Waals surface area contributed by atoms with Crippen LogP contribution in [-0.2, 0) is 0 Å². The molecule has 3 aromatic carbocycles. The summed E-state index contributed by atoms with van der Waals surface area (Å²) in [6, 6.07) is 23.1. The van der Waals surface area contributed by atoms with Crippen molar-refractivity contribution in [2.75, 3.05) is 12.4 Å². The first-order chi connectivity index (χ1) is 12.5. The van der Waals surface area contributed by atoms with Crippen LogP contribution >= 0.6 is 0 Å². The second-order valence-corrected chi connectivity index (χ2v) is 6.28. The SMILES string of the molecule is Cc1cccc(NC(=O)N(C)C(c2ccccc2)c2ccc(F)cc2)c1. The standard InChI is InChI=1S/C22H21FN2O/c1-16-7-6-10-20(15-16)24-22(26)25(2)21(17-8-4-3-5-9-17)18-11-13-19(23)14-12-18/h3-15,21H,1-2H3,(H,24,26). The van der Waals surface area contributed by atoms with Gasteiger partial charge in [0.1, 0.15) is 5.82 Å².